The van der Waals surface area contributed by atoms with E-state index in [4.69, 9.17) is 4.42 Å². The van der Waals surface area contributed by atoms with Crippen LogP contribution in [-0.2, 0) is 16.1 Å². The molecule has 20 heavy (non-hydrogen) atoms. The first kappa shape index (κ1) is 14.7. The number of rotatable bonds is 7. The van der Waals surface area contributed by atoms with Gasteiger partial charge in [-0.1, -0.05) is 6.07 Å². The summed E-state index contributed by atoms with van der Waals surface area (Å²) in [6.07, 6.45) is 1.17. The maximum atomic E-state index is 11.0. The Labute approximate surface area is 121 Å². The average Bonchev–Trinajstić information content (AvgIpc) is 3.08. The predicted molar refractivity (Wildman–Crippen MR) is 75.2 cm³/mol. The van der Waals surface area contributed by atoms with Gasteiger partial charge < -0.3 is 9.15 Å². The molecule has 0 saturated carbocycles. The van der Waals surface area contributed by atoms with Gasteiger partial charge >= 0.3 is 5.97 Å². The van der Waals surface area contributed by atoms with Crippen molar-refractivity contribution in [1.29, 1.82) is 0 Å². The van der Waals surface area contributed by atoms with E-state index in [0.717, 1.165) is 17.8 Å². The Kier molecular flexibility index (Phi) is 5.25. The van der Waals surface area contributed by atoms with Crippen molar-refractivity contribution in [2.75, 3.05) is 20.7 Å². The summed E-state index contributed by atoms with van der Waals surface area (Å²) in [5.41, 5.74) is 0. The Morgan fingerprint density at radius 2 is 2.35 bits per heavy atom. The molecule has 2 aromatic heterocycles. The summed E-state index contributed by atoms with van der Waals surface area (Å²) in [6, 6.07) is 3.89. The zero-order chi connectivity index (χ0) is 14.4. The van der Waals surface area contributed by atoms with Gasteiger partial charge in [0.05, 0.1) is 18.5 Å². The minimum atomic E-state index is -0.184. The fourth-order valence-electron chi connectivity index (χ4n) is 1.72. The van der Waals surface area contributed by atoms with E-state index in [-0.39, 0.29) is 5.97 Å². The number of hydrogen-bond donors (Lipinski definition) is 0. The van der Waals surface area contributed by atoms with Crippen LogP contribution in [0, 0.1) is 0 Å². The van der Waals surface area contributed by atoms with Gasteiger partial charge in [0.1, 0.15) is 0 Å². The fourth-order valence-corrected chi connectivity index (χ4v) is 2.37. The molecule has 0 saturated heterocycles. The summed E-state index contributed by atoms with van der Waals surface area (Å²) >= 11 is 1.57. The molecule has 2 aromatic rings. The van der Waals surface area contributed by atoms with Crippen molar-refractivity contribution in [3.63, 3.8) is 0 Å². The predicted octanol–water partition coefficient (Wildman–Crippen LogP) is 2.18. The van der Waals surface area contributed by atoms with E-state index in [0.29, 0.717) is 24.7 Å². The number of thiophene rings is 1. The number of carbonyl (C=O) groups excluding carboxylic acids is 1. The third kappa shape index (κ3) is 4.14. The topological polar surface area (TPSA) is 68.5 Å². The van der Waals surface area contributed by atoms with Crippen LogP contribution in [0.1, 0.15) is 18.7 Å². The molecule has 0 bridgehead atoms. The summed E-state index contributed by atoms with van der Waals surface area (Å²) in [5, 5.41) is 10.0. The highest BCUT2D eigenvalue weighted by Crippen LogP contribution is 2.23. The number of carbonyl (C=O) groups is 1. The normalized spacial score (nSPS) is 10.9. The van der Waals surface area contributed by atoms with Gasteiger partial charge in [-0.2, -0.15) is 0 Å². The Morgan fingerprint density at radius 1 is 1.50 bits per heavy atom. The molecular weight excluding hydrogens is 278 g/mol. The lowest BCUT2D eigenvalue weighted by Crippen LogP contribution is -2.20. The number of methoxy groups -OCH3 is 1. The third-order valence-electron chi connectivity index (χ3n) is 2.75. The standard InChI is InChI=1S/C13H17N3O3S/c1-16(7-3-6-12(17)18-2)9-11-14-15-13(19-11)10-5-4-8-20-10/h4-5,8H,3,6-7,9H2,1-2H3. The number of hydrogen-bond acceptors (Lipinski definition) is 7. The van der Waals surface area contributed by atoms with E-state index in [2.05, 4.69) is 14.9 Å². The number of ether oxygens (including phenoxy) is 1. The highest BCUT2D eigenvalue weighted by Gasteiger charge is 2.11. The fraction of sp³-hybridized carbons (Fsp3) is 0.462. The number of esters is 1. The highest BCUT2D eigenvalue weighted by molar-refractivity contribution is 7.13. The lowest BCUT2D eigenvalue weighted by atomic mass is 10.3. The van der Waals surface area contributed by atoms with E-state index in [1.165, 1.54) is 7.11 Å². The summed E-state index contributed by atoms with van der Waals surface area (Å²) < 4.78 is 10.2. The Balaban J connectivity index is 1.80. The molecule has 0 radical (unpaired) electrons. The molecule has 6 nitrogen and oxygen atoms in total. The van der Waals surface area contributed by atoms with Crippen molar-refractivity contribution in [3.8, 4) is 10.8 Å². The monoisotopic (exact) mass is 295 g/mol. The SMILES string of the molecule is COC(=O)CCCN(C)Cc1nnc(-c2cccs2)o1. The highest BCUT2D eigenvalue weighted by atomic mass is 32.1. The van der Waals surface area contributed by atoms with Gasteiger partial charge in [0, 0.05) is 6.42 Å². The van der Waals surface area contributed by atoms with Crippen LogP contribution in [0.15, 0.2) is 21.9 Å². The summed E-state index contributed by atoms with van der Waals surface area (Å²) in [7, 11) is 3.35. The number of aromatic nitrogens is 2. The molecule has 0 unspecified atom stereocenters. The third-order valence-corrected chi connectivity index (χ3v) is 3.61. The van der Waals surface area contributed by atoms with Crippen molar-refractivity contribution in [2.45, 2.75) is 19.4 Å². The van der Waals surface area contributed by atoms with Crippen LogP contribution in [0.5, 0.6) is 0 Å². The molecule has 0 atom stereocenters. The van der Waals surface area contributed by atoms with Crippen LogP contribution in [0.4, 0.5) is 0 Å². The zero-order valence-electron chi connectivity index (χ0n) is 11.5. The average molecular weight is 295 g/mol. The molecule has 7 heteroatoms. The van der Waals surface area contributed by atoms with Crippen molar-refractivity contribution in [3.05, 3.63) is 23.4 Å². The minimum Gasteiger partial charge on any atom is -0.469 e. The molecule has 0 aliphatic heterocycles. The number of nitrogens with zero attached hydrogens (tertiary/aromatic N) is 3. The Morgan fingerprint density at radius 3 is 3.05 bits per heavy atom. The molecular formula is C13H17N3O3S. The molecule has 0 amide bonds. The maximum absolute atomic E-state index is 11.0. The molecule has 2 rings (SSSR count). The van der Waals surface area contributed by atoms with E-state index in [1.807, 2.05) is 29.5 Å². The molecule has 0 N–H and O–H groups in total. The molecule has 0 aliphatic rings. The Hall–Kier alpha value is -1.73. The minimum absolute atomic E-state index is 0.184. The van der Waals surface area contributed by atoms with Crippen LogP contribution in [0.25, 0.3) is 10.8 Å². The van der Waals surface area contributed by atoms with E-state index < -0.39 is 0 Å². The van der Waals surface area contributed by atoms with Crippen LogP contribution in [0.2, 0.25) is 0 Å². The van der Waals surface area contributed by atoms with Gasteiger partial charge in [0.2, 0.25) is 5.89 Å². The molecule has 0 fully saturated rings. The second-order valence-corrected chi connectivity index (χ2v) is 5.34. The van der Waals surface area contributed by atoms with Gasteiger partial charge in [-0.05, 0) is 31.5 Å². The van der Waals surface area contributed by atoms with E-state index in [1.54, 1.807) is 11.3 Å². The largest absolute Gasteiger partial charge is 0.469 e. The van der Waals surface area contributed by atoms with Crippen LogP contribution in [0.3, 0.4) is 0 Å². The van der Waals surface area contributed by atoms with Crippen LogP contribution in [-0.4, -0.2) is 41.8 Å². The second-order valence-electron chi connectivity index (χ2n) is 4.40. The molecule has 0 aliphatic carbocycles. The Bertz CT molecular complexity index is 539. The van der Waals surface area contributed by atoms with Crippen molar-refractivity contribution in [2.24, 2.45) is 0 Å². The molecule has 2 heterocycles. The summed E-state index contributed by atoms with van der Waals surface area (Å²) in [6.45, 7) is 1.34. The van der Waals surface area contributed by atoms with Crippen molar-refractivity contribution >= 4 is 17.3 Å². The smallest absolute Gasteiger partial charge is 0.305 e. The van der Waals surface area contributed by atoms with Gasteiger partial charge in [0.25, 0.3) is 5.89 Å². The lowest BCUT2D eigenvalue weighted by molar-refractivity contribution is -0.140. The quantitative estimate of drug-likeness (QED) is 0.729. The van der Waals surface area contributed by atoms with Crippen LogP contribution >= 0.6 is 11.3 Å². The lowest BCUT2D eigenvalue weighted by Gasteiger charge is -2.13. The maximum Gasteiger partial charge on any atom is 0.305 e. The van der Waals surface area contributed by atoms with Gasteiger partial charge in [0.15, 0.2) is 0 Å². The van der Waals surface area contributed by atoms with Crippen molar-refractivity contribution in [1.82, 2.24) is 15.1 Å². The first-order valence-electron chi connectivity index (χ1n) is 6.30. The second kappa shape index (κ2) is 7.16. The first-order chi connectivity index (χ1) is 9.69. The zero-order valence-corrected chi connectivity index (χ0v) is 12.4. The van der Waals surface area contributed by atoms with Gasteiger partial charge in [-0.15, -0.1) is 21.5 Å². The van der Waals surface area contributed by atoms with Gasteiger partial charge in [-0.25, -0.2) is 0 Å². The first-order valence-corrected chi connectivity index (χ1v) is 7.18. The summed E-state index contributed by atoms with van der Waals surface area (Å²) in [5.74, 6) is 0.947. The van der Waals surface area contributed by atoms with E-state index in [9.17, 15) is 4.79 Å². The van der Waals surface area contributed by atoms with Crippen LogP contribution < -0.4 is 0 Å². The van der Waals surface area contributed by atoms with E-state index >= 15 is 0 Å². The molecule has 0 aromatic carbocycles. The molecule has 0 spiro atoms. The van der Waals surface area contributed by atoms with Crippen molar-refractivity contribution < 1.29 is 13.9 Å². The summed E-state index contributed by atoms with van der Waals surface area (Å²) in [4.78, 5) is 14.0. The molecule has 108 valence electrons. The van der Waals surface area contributed by atoms with Gasteiger partial charge in [-0.3, -0.25) is 9.69 Å².